The molecule has 4 N–H and O–H groups in total. The number of hydrogen-bond acceptors (Lipinski definition) is 10. The zero-order valence-electron chi connectivity index (χ0n) is 19.3. The van der Waals surface area contributed by atoms with Gasteiger partial charge >= 0.3 is 6.16 Å². The van der Waals surface area contributed by atoms with Gasteiger partial charge in [0.2, 0.25) is 5.60 Å². The smallest absolute Gasteiger partial charge is 0.431 e. The first-order chi connectivity index (χ1) is 16.3. The highest BCUT2D eigenvalue weighted by molar-refractivity contribution is 5.66. The molecule has 11 nitrogen and oxygen atoms in total. The van der Waals surface area contributed by atoms with Gasteiger partial charge in [-0.05, 0) is 43.2 Å². The molecule has 2 aromatic rings. The van der Waals surface area contributed by atoms with Crippen LogP contribution in [0.4, 0.5) is 10.6 Å². The summed E-state index contributed by atoms with van der Waals surface area (Å²) >= 11 is 0. The first-order valence-electron chi connectivity index (χ1n) is 11.7. The monoisotopic (exact) mass is 473 g/mol. The van der Waals surface area contributed by atoms with E-state index < -0.39 is 30.1 Å². The summed E-state index contributed by atoms with van der Waals surface area (Å²) in [7, 11) is 0. The third-order valence-electron chi connectivity index (χ3n) is 6.81. The van der Waals surface area contributed by atoms with Crippen molar-refractivity contribution in [1.82, 2.24) is 14.6 Å². The fourth-order valence-corrected chi connectivity index (χ4v) is 5.29. The second kappa shape index (κ2) is 9.74. The number of aromatic nitrogens is 3. The Morgan fingerprint density at radius 1 is 1.38 bits per heavy atom. The van der Waals surface area contributed by atoms with E-state index in [0.29, 0.717) is 17.4 Å². The van der Waals surface area contributed by atoms with Crippen LogP contribution in [0.1, 0.15) is 51.6 Å². The zero-order chi connectivity index (χ0) is 24.5. The van der Waals surface area contributed by atoms with E-state index >= 15 is 0 Å². The summed E-state index contributed by atoms with van der Waals surface area (Å²) in [6.07, 6.45) is 0.776. The molecular formula is C23H31N5O6. The maximum atomic E-state index is 12.4. The van der Waals surface area contributed by atoms with Crippen molar-refractivity contribution >= 4 is 17.5 Å². The molecular weight excluding hydrogens is 442 g/mol. The normalized spacial score (nSPS) is 33.5. The lowest BCUT2D eigenvalue weighted by Gasteiger charge is -2.32. The van der Waals surface area contributed by atoms with Crippen LogP contribution in [0, 0.1) is 23.2 Å². The number of ether oxygens (including phenoxy) is 3. The number of aliphatic hydroxyl groups excluding tert-OH is 2. The molecule has 11 heteroatoms. The van der Waals surface area contributed by atoms with Crippen LogP contribution in [0.25, 0.3) is 5.52 Å². The van der Waals surface area contributed by atoms with Gasteiger partial charge in [-0.2, -0.15) is 10.4 Å². The van der Waals surface area contributed by atoms with E-state index in [1.807, 2.05) is 6.07 Å². The highest BCUT2D eigenvalue weighted by Crippen LogP contribution is 2.40. The molecule has 3 heterocycles. The largest absolute Gasteiger partial charge is 0.508 e. The predicted molar refractivity (Wildman–Crippen MR) is 119 cm³/mol. The van der Waals surface area contributed by atoms with Crippen LogP contribution >= 0.6 is 0 Å². The van der Waals surface area contributed by atoms with Crippen molar-refractivity contribution in [3.8, 4) is 6.07 Å². The number of nitrogens with zero attached hydrogens (tertiary/aromatic N) is 4. The maximum absolute atomic E-state index is 12.4. The van der Waals surface area contributed by atoms with Gasteiger partial charge in [0.1, 0.15) is 48.9 Å². The van der Waals surface area contributed by atoms with E-state index in [0.717, 1.165) is 32.1 Å². The number of fused-ring (bicyclic) bond motifs is 1. The predicted octanol–water partition coefficient (Wildman–Crippen LogP) is 1.91. The minimum Gasteiger partial charge on any atom is -0.431 e. The molecule has 2 aromatic heterocycles. The Kier molecular flexibility index (Phi) is 6.93. The highest BCUT2D eigenvalue weighted by atomic mass is 16.7. The minimum absolute atomic E-state index is 0.175. The first kappa shape index (κ1) is 24.2. The molecule has 1 aliphatic heterocycles. The summed E-state index contributed by atoms with van der Waals surface area (Å²) in [4.78, 5) is 16.3. The lowest BCUT2D eigenvalue weighted by Crippen LogP contribution is -2.41. The van der Waals surface area contributed by atoms with E-state index in [2.05, 4.69) is 23.9 Å². The Hall–Kier alpha value is -2.94. The lowest BCUT2D eigenvalue weighted by molar-refractivity contribution is -0.0776. The summed E-state index contributed by atoms with van der Waals surface area (Å²) in [5.41, 5.74) is 4.50. The van der Waals surface area contributed by atoms with E-state index in [-0.39, 0.29) is 24.2 Å². The average Bonchev–Trinajstić information content (AvgIpc) is 3.34. The molecule has 1 saturated heterocycles. The van der Waals surface area contributed by atoms with Gasteiger partial charge in [-0.25, -0.2) is 14.3 Å². The van der Waals surface area contributed by atoms with Crippen molar-refractivity contribution in [3.63, 3.8) is 0 Å². The quantitative estimate of drug-likeness (QED) is 0.528. The van der Waals surface area contributed by atoms with Gasteiger partial charge in [-0.3, -0.25) is 0 Å². The molecule has 34 heavy (non-hydrogen) atoms. The first-order valence-corrected chi connectivity index (χ1v) is 11.7. The highest BCUT2D eigenvalue weighted by Gasteiger charge is 2.58. The van der Waals surface area contributed by atoms with E-state index in [4.69, 9.17) is 19.9 Å². The van der Waals surface area contributed by atoms with E-state index in [1.54, 1.807) is 6.07 Å². The standard InChI is InChI=1S/C23H31N5O6/c1-3-4-14-7-13(2)8-15(9-14)33-22(31)32-10-17-19(29)20(30)23(11-24,34-17)18-6-5-16-21(25)26-12-27-28(16)18/h5-6,12-15,17,19-20,29-30H,3-4,7-10H2,1-2H3,(H2,25,26,27)/t13?,14-,15+,17-,19-,20-,23+/m1/s1. The molecule has 0 amide bonds. The number of hydrogen-bond donors (Lipinski definition) is 3. The third kappa shape index (κ3) is 4.41. The van der Waals surface area contributed by atoms with Gasteiger partial charge in [0.05, 0.1) is 5.69 Å². The summed E-state index contributed by atoms with van der Waals surface area (Å²) in [6.45, 7) is 3.91. The van der Waals surface area contributed by atoms with Crippen LogP contribution in [0.15, 0.2) is 18.5 Å². The van der Waals surface area contributed by atoms with Crippen LogP contribution in [0.5, 0.6) is 0 Å². The van der Waals surface area contributed by atoms with Crippen LogP contribution in [-0.2, 0) is 19.8 Å². The minimum atomic E-state index is -1.95. The summed E-state index contributed by atoms with van der Waals surface area (Å²) < 4.78 is 17.9. The molecule has 2 fully saturated rings. The molecule has 2 aliphatic rings. The summed E-state index contributed by atoms with van der Waals surface area (Å²) in [5, 5.41) is 35.4. The fraction of sp³-hybridized carbons (Fsp3) is 0.652. The molecule has 7 atom stereocenters. The molecule has 0 aromatic carbocycles. The number of rotatable bonds is 6. The topological polar surface area (TPSA) is 165 Å². The van der Waals surface area contributed by atoms with Gasteiger partial charge in [0.25, 0.3) is 0 Å². The van der Waals surface area contributed by atoms with Gasteiger partial charge < -0.3 is 30.2 Å². The molecule has 0 radical (unpaired) electrons. The number of aliphatic hydroxyl groups is 2. The molecule has 184 valence electrons. The number of nitrogen functional groups attached to an aromatic ring is 1. The maximum Gasteiger partial charge on any atom is 0.508 e. The van der Waals surface area contributed by atoms with Crippen molar-refractivity contribution in [2.75, 3.05) is 12.3 Å². The van der Waals surface area contributed by atoms with Gasteiger partial charge in [-0.15, -0.1) is 0 Å². The Labute approximate surface area is 197 Å². The Bertz CT molecular complexity index is 1070. The van der Waals surface area contributed by atoms with Crippen molar-refractivity contribution in [3.05, 3.63) is 24.2 Å². The van der Waals surface area contributed by atoms with Crippen LogP contribution in [-0.4, -0.2) is 62.0 Å². The zero-order valence-corrected chi connectivity index (χ0v) is 19.3. The fourth-order valence-electron chi connectivity index (χ4n) is 5.29. The number of anilines is 1. The van der Waals surface area contributed by atoms with E-state index in [9.17, 15) is 20.3 Å². The number of carbonyl (C=O) groups is 1. The number of carbonyl (C=O) groups excluding carboxylic acids is 1. The van der Waals surface area contributed by atoms with Gasteiger partial charge in [0.15, 0.2) is 5.82 Å². The Morgan fingerprint density at radius 2 is 2.18 bits per heavy atom. The van der Waals surface area contributed by atoms with Crippen LogP contribution < -0.4 is 5.73 Å². The Morgan fingerprint density at radius 3 is 2.91 bits per heavy atom. The van der Waals surface area contributed by atoms with Crippen molar-refractivity contribution in [1.29, 1.82) is 5.26 Å². The van der Waals surface area contributed by atoms with Crippen molar-refractivity contribution in [2.24, 2.45) is 11.8 Å². The second-order valence-electron chi connectivity index (χ2n) is 9.37. The molecule has 1 aliphatic carbocycles. The molecule has 1 unspecified atom stereocenters. The van der Waals surface area contributed by atoms with Crippen LogP contribution in [0.3, 0.4) is 0 Å². The summed E-state index contributed by atoms with van der Waals surface area (Å²) in [5.74, 6) is 1.17. The SMILES string of the molecule is CCC[C@@H]1CC(C)C[C@H](OC(=O)OC[C@H]2O[C@@](C#N)(c3ccc4c(N)ncnn34)[C@H](O)[C@@H]2O)C1. The molecule has 1 saturated carbocycles. The lowest BCUT2D eigenvalue weighted by atomic mass is 9.79. The third-order valence-corrected chi connectivity index (χ3v) is 6.81. The van der Waals surface area contributed by atoms with Crippen LogP contribution in [0.2, 0.25) is 0 Å². The van der Waals surface area contributed by atoms with Gasteiger partial charge in [0, 0.05) is 0 Å². The molecule has 0 bridgehead atoms. The van der Waals surface area contributed by atoms with E-state index in [1.165, 1.54) is 16.9 Å². The number of nitriles is 1. The number of nitrogens with two attached hydrogens (primary N) is 1. The van der Waals surface area contributed by atoms with Crippen molar-refractivity contribution in [2.45, 2.75) is 76.0 Å². The van der Waals surface area contributed by atoms with Gasteiger partial charge in [-0.1, -0.05) is 26.7 Å². The second-order valence-corrected chi connectivity index (χ2v) is 9.37. The summed E-state index contributed by atoms with van der Waals surface area (Å²) in [6, 6.07) is 5.06. The molecule has 0 spiro atoms. The molecule has 4 rings (SSSR count). The Balaban J connectivity index is 1.42. The average molecular weight is 474 g/mol. The van der Waals surface area contributed by atoms with Crippen molar-refractivity contribution < 1.29 is 29.2 Å².